The average Bonchev–Trinajstić information content (AvgIpc) is 3.65. The van der Waals surface area contributed by atoms with Gasteiger partial charge in [-0.25, -0.2) is 13.6 Å². The minimum absolute atomic E-state index is 0.00108. The number of phenols is 1. The van der Waals surface area contributed by atoms with E-state index in [2.05, 4.69) is 19.8 Å². The van der Waals surface area contributed by atoms with E-state index in [0.29, 0.717) is 42.8 Å². The Labute approximate surface area is 277 Å². The lowest BCUT2D eigenvalue weighted by Crippen LogP contribution is -2.57. The molecule has 0 radical (unpaired) electrons. The Morgan fingerprint density at radius 2 is 1.85 bits per heavy atom. The van der Waals surface area contributed by atoms with Crippen molar-refractivity contribution in [1.82, 2.24) is 24.8 Å². The van der Waals surface area contributed by atoms with E-state index in [0.717, 1.165) is 43.0 Å². The van der Waals surface area contributed by atoms with Crippen LogP contribution in [0.3, 0.4) is 0 Å². The summed E-state index contributed by atoms with van der Waals surface area (Å²) in [6.07, 6.45) is 4.13. The first-order valence-electron chi connectivity index (χ1n) is 16.8. The number of anilines is 1. The molecule has 0 saturated carbocycles. The summed E-state index contributed by atoms with van der Waals surface area (Å²) in [5.74, 6) is -0.179. The molecule has 0 aliphatic carbocycles. The van der Waals surface area contributed by atoms with E-state index in [4.69, 9.17) is 14.5 Å². The number of amides is 1. The van der Waals surface area contributed by atoms with Gasteiger partial charge in [0, 0.05) is 37.8 Å². The molecule has 2 aromatic heterocycles. The summed E-state index contributed by atoms with van der Waals surface area (Å²) >= 11 is 0. The van der Waals surface area contributed by atoms with Crippen LogP contribution in [0.1, 0.15) is 52.9 Å². The number of piperazine rings is 1. The summed E-state index contributed by atoms with van der Waals surface area (Å²) in [7, 11) is 0. The Balaban J connectivity index is 1.20. The summed E-state index contributed by atoms with van der Waals surface area (Å²) in [6.45, 7) is 7.93. The molecule has 4 fully saturated rings. The summed E-state index contributed by atoms with van der Waals surface area (Å²) in [5.41, 5.74) is -0.502. The minimum Gasteiger partial charge on any atom is -0.508 e. The van der Waals surface area contributed by atoms with E-state index in [-0.39, 0.29) is 47.8 Å². The quantitative estimate of drug-likeness (QED) is 0.267. The van der Waals surface area contributed by atoms with Crippen LogP contribution in [0, 0.1) is 5.82 Å². The SMILES string of the molecule is CC(C)(C)OC(=O)N1C2CCC1CN(c1nc(OC[C@]34CCCN3C[C@@H](F)C4)nc3c(F)c(-c4cc(O)cc5ccccc45)ncc13)C2. The Kier molecular flexibility index (Phi) is 7.35. The van der Waals surface area contributed by atoms with Gasteiger partial charge in [-0.1, -0.05) is 24.3 Å². The maximum atomic E-state index is 16.8. The number of phenolic OH excluding ortho intramolecular Hbond substituents is 1. The number of hydrogen-bond donors (Lipinski definition) is 1. The van der Waals surface area contributed by atoms with Crippen LogP contribution in [-0.2, 0) is 4.74 Å². The molecule has 12 heteroatoms. The van der Waals surface area contributed by atoms with Gasteiger partial charge in [-0.15, -0.1) is 0 Å². The number of benzene rings is 2. The van der Waals surface area contributed by atoms with Gasteiger partial charge in [0.1, 0.15) is 41.2 Å². The topological polar surface area (TPSA) is 104 Å². The molecule has 4 aliphatic rings. The van der Waals surface area contributed by atoms with E-state index in [1.165, 1.54) is 6.07 Å². The van der Waals surface area contributed by atoms with Crippen molar-refractivity contribution in [3.8, 4) is 23.0 Å². The summed E-state index contributed by atoms with van der Waals surface area (Å²) in [5, 5.41) is 12.4. The lowest BCUT2D eigenvalue weighted by Gasteiger charge is -2.42. The van der Waals surface area contributed by atoms with Gasteiger partial charge in [0.05, 0.1) is 23.0 Å². The number of carbonyl (C=O) groups excluding carboxylic acids is 1. The zero-order valence-corrected chi connectivity index (χ0v) is 27.5. The van der Waals surface area contributed by atoms with E-state index in [1.54, 1.807) is 12.3 Å². The van der Waals surface area contributed by atoms with Gasteiger partial charge < -0.3 is 19.5 Å². The van der Waals surface area contributed by atoms with Crippen LogP contribution in [0.25, 0.3) is 32.9 Å². The second-order valence-corrected chi connectivity index (χ2v) is 14.8. The van der Waals surface area contributed by atoms with Crippen molar-refractivity contribution in [3.05, 3.63) is 48.4 Å². The molecule has 2 unspecified atom stereocenters. The van der Waals surface area contributed by atoms with Crippen molar-refractivity contribution in [2.45, 2.75) is 82.3 Å². The van der Waals surface area contributed by atoms with Gasteiger partial charge in [-0.2, -0.15) is 9.97 Å². The number of fused-ring (bicyclic) bond motifs is 5. The van der Waals surface area contributed by atoms with Crippen LogP contribution in [0.5, 0.6) is 11.8 Å². The van der Waals surface area contributed by atoms with E-state index >= 15 is 4.39 Å². The molecule has 10 nitrogen and oxygen atoms in total. The predicted molar refractivity (Wildman–Crippen MR) is 178 cm³/mol. The first-order chi connectivity index (χ1) is 23.0. The molecule has 4 aliphatic heterocycles. The fourth-order valence-corrected chi connectivity index (χ4v) is 8.34. The first-order valence-corrected chi connectivity index (χ1v) is 16.8. The molecule has 252 valence electrons. The van der Waals surface area contributed by atoms with Crippen molar-refractivity contribution < 1.29 is 28.2 Å². The number of carbonyl (C=O) groups is 1. The highest BCUT2D eigenvalue weighted by atomic mass is 19.1. The van der Waals surface area contributed by atoms with Gasteiger partial charge in [-0.3, -0.25) is 14.8 Å². The fourth-order valence-electron chi connectivity index (χ4n) is 8.34. The number of rotatable bonds is 5. The molecule has 2 bridgehead atoms. The number of hydrogen-bond acceptors (Lipinski definition) is 9. The Hall–Kier alpha value is -4.32. The van der Waals surface area contributed by atoms with Crippen molar-refractivity contribution in [3.63, 3.8) is 0 Å². The standard InChI is InChI=1S/C36H40F2N6O4/c1-35(2,3)48-34(46)44-23-9-10-24(44)19-42(18-23)32-28-16-39-30(27-14-25(45)13-21-7-4-5-8-26(21)27)29(38)31(28)40-33(41-32)47-20-36-11-6-12-43(36)17-22(37)15-36/h4-5,7-8,13-14,16,22-24,45H,6,9-12,15,17-20H2,1-3H3/t22-,23?,24?,36+/m0/s1. The molecular weight excluding hydrogens is 618 g/mol. The Morgan fingerprint density at radius 3 is 2.62 bits per heavy atom. The van der Waals surface area contributed by atoms with Crippen LogP contribution < -0.4 is 9.64 Å². The zero-order valence-electron chi connectivity index (χ0n) is 27.5. The number of aromatic nitrogens is 3. The van der Waals surface area contributed by atoms with Gasteiger partial charge in [0.15, 0.2) is 5.82 Å². The van der Waals surface area contributed by atoms with Crippen LogP contribution >= 0.6 is 0 Å². The Morgan fingerprint density at radius 1 is 1.08 bits per heavy atom. The first kappa shape index (κ1) is 31.0. The average molecular weight is 659 g/mol. The number of ether oxygens (including phenoxy) is 2. The second-order valence-electron chi connectivity index (χ2n) is 14.8. The highest BCUT2D eigenvalue weighted by Crippen LogP contribution is 2.42. The maximum absolute atomic E-state index is 16.8. The number of aromatic hydroxyl groups is 1. The second kappa shape index (κ2) is 11.4. The van der Waals surface area contributed by atoms with Gasteiger partial charge >= 0.3 is 12.1 Å². The molecule has 8 rings (SSSR count). The van der Waals surface area contributed by atoms with Gasteiger partial charge in [0.2, 0.25) is 0 Å². The third kappa shape index (κ3) is 5.34. The largest absolute Gasteiger partial charge is 0.508 e. The van der Waals surface area contributed by atoms with Crippen LogP contribution in [0.2, 0.25) is 0 Å². The smallest absolute Gasteiger partial charge is 0.410 e. The van der Waals surface area contributed by atoms with Crippen molar-refractivity contribution in [1.29, 1.82) is 0 Å². The fraction of sp³-hybridized carbons (Fsp3) is 0.500. The number of alkyl halides is 1. The number of nitrogens with zero attached hydrogens (tertiary/aromatic N) is 6. The molecule has 48 heavy (non-hydrogen) atoms. The summed E-state index contributed by atoms with van der Waals surface area (Å²) in [4.78, 5) is 33.3. The molecule has 2 aromatic carbocycles. The molecule has 4 saturated heterocycles. The lowest BCUT2D eigenvalue weighted by atomic mass is 9.95. The minimum atomic E-state index is -0.915. The van der Waals surface area contributed by atoms with E-state index < -0.39 is 23.1 Å². The lowest BCUT2D eigenvalue weighted by molar-refractivity contribution is 0.0122. The molecule has 4 atom stereocenters. The Bertz CT molecular complexity index is 1910. The van der Waals surface area contributed by atoms with Crippen molar-refractivity contribution in [2.75, 3.05) is 37.7 Å². The van der Waals surface area contributed by atoms with Gasteiger partial charge in [0.25, 0.3) is 0 Å². The molecule has 0 spiro atoms. The summed E-state index contributed by atoms with van der Waals surface area (Å²) in [6, 6.07) is 10.4. The van der Waals surface area contributed by atoms with E-state index in [9.17, 15) is 14.3 Å². The van der Waals surface area contributed by atoms with Crippen molar-refractivity contribution >= 4 is 33.6 Å². The molecular formula is C36H40F2N6O4. The number of pyridine rings is 1. The van der Waals surface area contributed by atoms with Crippen LogP contribution in [0.4, 0.5) is 19.4 Å². The van der Waals surface area contributed by atoms with Crippen LogP contribution in [0.15, 0.2) is 42.6 Å². The number of halogens is 2. The van der Waals surface area contributed by atoms with E-state index in [1.807, 2.05) is 49.9 Å². The normalized spacial score (nSPS) is 25.6. The molecule has 1 N–H and O–H groups in total. The summed E-state index contributed by atoms with van der Waals surface area (Å²) < 4.78 is 43.4. The van der Waals surface area contributed by atoms with Gasteiger partial charge in [-0.05, 0) is 75.9 Å². The van der Waals surface area contributed by atoms with Crippen LogP contribution in [-0.4, -0.2) is 98.1 Å². The third-order valence-corrected chi connectivity index (χ3v) is 10.4. The predicted octanol–water partition coefficient (Wildman–Crippen LogP) is 6.23. The zero-order chi connectivity index (χ0) is 33.4. The molecule has 1 amide bonds. The highest BCUT2D eigenvalue weighted by Gasteiger charge is 2.50. The van der Waals surface area contributed by atoms with Crippen molar-refractivity contribution in [2.24, 2.45) is 0 Å². The monoisotopic (exact) mass is 658 g/mol. The maximum Gasteiger partial charge on any atom is 0.410 e. The third-order valence-electron chi connectivity index (χ3n) is 10.4. The highest BCUT2D eigenvalue weighted by molar-refractivity contribution is 6.00. The molecule has 6 heterocycles. The molecule has 4 aromatic rings.